The summed E-state index contributed by atoms with van der Waals surface area (Å²) in [5, 5.41) is 0. The minimum atomic E-state index is 0.0307. The van der Waals surface area contributed by atoms with Crippen LogP contribution in [0.2, 0.25) is 0 Å². The number of hydrogen-bond donors (Lipinski definition) is 0. The van der Waals surface area contributed by atoms with E-state index < -0.39 is 0 Å². The Hall–Kier alpha value is -1.58. The number of Topliss-reactive ketones (excluding diaryl/α,β-unsaturated/α-hetero) is 1. The largest absolute Gasteiger partial charge is 0.300 e. The van der Waals surface area contributed by atoms with Gasteiger partial charge in [0.2, 0.25) is 0 Å². The first-order valence-corrected chi connectivity index (χ1v) is 3.48. The van der Waals surface area contributed by atoms with E-state index in [1.807, 2.05) is 0 Å². The van der Waals surface area contributed by atoms with E-state index in [2.05, 4.69) is 9.97 Å². The smallest absolute Gasteiger partial charge is 0.170 e. The molecule has 0 unspecified atom stereocenters. The summed E-state index contributed by atoms with van der Waals surface area (Å²) >= 11 is 0. The average molecular weight is 164 g/mol. The van der Waals surface area contributed by atoms with Crippen molar-refractivity contribution in [3.63, 3.8) is 0 Å². The SMILES string of the molecule is CC(=O)Cc1cnc(C=O)cn1. The van der Waals surface area contributed by atoms with Crippen LogP contribution >= 0.6 is 0 Å². The van der Waals surface area contributed by atoms with Crippen molar-refractivity contribution in [1.29, 1.82) is 0 Å². The summed E-state index contributed by atoms with van der Waals surface area (Å²) in [7, 11) is 0. The van der Waals surface area contributed by atoms with Gasteiger partial charge in [0.15, 0.2) is 6.29 Å². The van der Waals surface area contributed by atoms with Crippen LogP contribution in [0, 0.1) is 0 Å². The van der Waals surface area contributed by atoms with Gasteiger partial charge in [-0.1, -0.05) is 0 Å². The molecule has 12 heavy (non-hydrogen) atoms. The van der Waals surface area contributed by atoms with Crippen LogP contribution in [-0.2, 0) is 11.2 Å². The van der Waals surface area contributed by atoms with E-state index in [1.54, 1.807) is 0 Å². The molecular formula is C8H8N2O2. The van der Waals surface area contributed by atoms with Gasteiger partial charge in [-0.05, 0) is 6.92 Å². The lowest BCUT2D eigenvalue weighted by molar-refractivity contribution is -0.116. The number of ketones is 1. The maximum Gasteiger partial charge on any atom is 0.170 e. The molecule has 62 valence electrons. The predicted molar refractivity (Wildman–Crippen MR) is 41.8 cm³/mol. The molecule has 0 spiro atoms. The van der Waals surface area contributed by atoms with Crippen LogP contribution in [0.5, 0.6) is 0 Å². The van der Waals surface area contributed by atoms with Crippen molar-refractivity contribution in [3.05, 3.63) is 23.8 Å². The highest BCUT2D eigenvalue weighted by atomic mass is 16.1. The van der Waals surface area contributed by atoms with Crippen LogP contribution < -0.4 is 0 Å². The van der Waals surface area contributed by atoms with Crippen molar-refractivity contribution < 1.29 is 9.59 Å². The normalized spacial score (nSPS) is 9.42. The van der Waals surface area contributed by atoms with Crippen LogP contribution in [0.15, 0.2) is 12.4 Å². The van der Waals surface area contributed by atoms with E-state index in [1.165, 1.54) is 19.3 Å². The summed E-state index contributed by atoms with van der Waals surface area (Å²) in [5.74, 6) is 0.0307. The third kappa shape index (κ3) is 2.23. The standard InChI is InChI=1S/C8H8N2O2/c1-6(12)2-7-3-10-8(5-11)4-9-7/h3-5H,2H2,1H3. The molecule has 1 aromatic rings. The summed E-state index contributed by atoms with van der Waals surface area (Å²) < 4.78 is 0. The van der Waals surface area contributed by atoms with Gasteiger partial charge in [0.05, 0.1) is 11.9 Å². The van der Waals surface area contributed by atoms with Crippen LogP contribution in [0.4, 0.5) is 0 Å². The Labute approximate surface area is 69.7 Å². The third-order valence-electron chi connectivity index (χ3n) is 1.28. The molecule has 1 rings (SSSR count). The first-order valence-electron chi connectivity index (χ1n) is 3.48. The fraction of sp³-hybridized carbons (Fsp3) is 0.250. The number of aromatic nitrogens is 2. The van der Waals surface area contributed by atoms with Crippen molar-refractivity contribution >= 4 is 12.1 Å². The Morgan fingerprint density at radius 1 is 1.50 bits per heavy atom. The van der Waals surface area contributed by atoms with Crippen molar-refractivity contribution in [1.82, 2.24) is 9.97 Å². The molecule has 0 bridgehead atoms. The zero-order valence-corrected chi connectivity index (χ0v) is 6.65. The minimum Gasteiger partial charge on any atom is -0.300 e. The Balaban J connectivity index is 2.77. The summed E-state index contributed by atoms with van der Waals surface area (Å²) in [5.41, 5.74) is 0.871. The molecule has 4 heteroatoms. The van der Waals surface area contributed by atoms with Gasteiger partial charge in [-0.15, -0.1) is 0 Å². The molecule has 0 aliphatic heterocycles. The first kappa shape index (κ1) is 8.52. The van der Waals surface area contributed by atoms with E-state index in [9.17, 15) is 9.59 Å². The number of nitrogens with zero attached hydrogens (tertiary/aromatic N) is 2. The van der Waals surface area contributed by atoms with Gasteiger partial charge >= 0.3 is 0 Å². The highest BCUT2D eigenvalue weighted by Gasteiger charge is 1.99. The number of carbonyl (C=O) groups is 2. The zero-order valence-electron chi connectivity index (χ0n) is 6.65. The highest BCUT2D eigenvalue weighted by Crippen LogP contribution is 1.94. The second-order valence-electron chi connectivity index (χ2n) is 2.43. The lowest BCUT2D eigenvalue weighted by Crippen LogP contribution is -2.00. The van der Waals surface area contributed by atoms with E-state index in [4.69, 9.17) is 0 Å². The topological polar surface area (TPSA) is 59.9 Å². The second kappa shape index (κ2) is 3.71. The minimum absolute atomic E-state index is 0.0307. The Morgan fingerprint density at radius 3 is 2.67 bits per heavy atom. The van der Waals surface area contributed by atoms with Crippen LogP contribution in [0.25, 0.3) is 0 Å². The average Bonchev–Trinajstić information content (AvgIpc) is 2.05. The molecule has 0 aliphatic carbocycles. The molecule has 0 fully saturated rings. The molecular weight excluding hydrogens is 156 g/mol. The van der Waals surface area contributed by atoms with Crippen LogP contribution in [0.3, 0.4) is 0 Å². The van der Waals surface area contributed by atoms with Crippen LogP contribution in [0.1, 0.15) is 23.1 Å². The summed E-state index contributed by atoms with van der Waals surface area (Å²) in [4.78, 5) is 28.4. The Bertz CT molecular complexity index is 292. The van der Waals surface area contributed by atoms with Gasteiger partial charge in [0.25, 0.3) is 0 Å². The lowest BCUT2D eigenvalue weighted by Gasteiger charge is -1.94. The number of aldehydes is 1. The van der Waals surface area contributed by atoms with Gasteiger partial charge in [0, 0.05) is 12.6 Å². The molecule has 0 radical (unpaired) electrons. The molecule has 0 saturated carbocycles. The fourth-order valence-electron chi connectivity index (χ4n) is 0.772. The maximum absolute atomic E-state index is 10.6. The van der Waals surface area contributed by atoms with E-state index in [0.29, 0.717) is 12.0 Å². The highest BCUT2D eigenvalue weighted by molar-refractivity contribution is 5.77. The van der Waals surface area contributed by atoms with Crippen LogP contribution in [-0.4, -0.2) is 22.0 Å². The van der Waals surface area contributed by atoms with Crippen molar-refractivity contribution in [3.8, 4) is 0 Å². The predicted octanol–water partition coefficient (Wildman–Crippen LogP) is 0.421. The molecule has 0 aromatic carbocycles. The third-order valence-corrected chi connectivity index (χ3v) is 1.28. The molecule has 4 nitrogen and oxygen atoms in total. The van der Waals surface area contributed by atoms with Gasteiger partial charge in [0.1, 0.15) is 11.5 Å². The quantitative estimate of drug-likeness (QED) is 0.607. The van der Waals surface area contributed by atoms with Gasteiger partial charge in [-0.2, -0.15) is 0 Å². The van der Waals surface area contributed by atoms with Gasteiger partial charge in [-0.25, -0.2) is 4.98 Å². The maximum atomic E-state index is 10.6. The Kier molecular flexibility index (Phi) is 2.63. The number of rotatable bonds is 3. The lowest BCUT2D eigenvalue weighted by atomic mass is 10.2. The zero-order chi connectivity index (χ0) is 8.97. The molecule has 0 saturated heterocycles. The first-order chi connectivity index (χ1) is 5.72. The molecule has 1 aromatic heterocycles. The van der Waals surface area contributed by atoms with E-state index in [0.717, 1.165) is 0 Å². The fourth-order valence-corrected chi connectivity index (χ4v) is 0.772. The van der Waals surface area contributed by atoms with E-state index >= 15 is 0 Å². The second-order valence-corrected chi connectivity index (χ2v) is 2.43. The Morgan fingerprint density at radius 2 is 2.25 bits per heavy atom. The van der Waals surface area contributed by atoms with Crippen molar-refractivity contribution in [2.45, 2.75) is 13.3 Å². The molecule has 0 N–H and O–H groups in total. The van der Waals surface area contributed by atoms with Crippen molar-refractivity contribution in [2.24, 2.45) is 0 Å². The van der Waals surface area contributed by atoms with Crippen molar-refractivity contribution in [2.75, 3.05) is 0 Å². The van der Waals surface area contributed by atoms with E-state index in [-0.39, 0.29) is 17.9 Å². The molecule has 0 aliphatic rings. The molecule has 0 atom stereocenters. The summed E-state index contributed by atoms with van der Waals surface area (Å²) in [6.45, 7) is 1.48. The van der Waals surface area contributed by atoms with Gasteiger partial charge < -0.3 is 0 Å². The number of hydrogen-bond acceptors (Lipinski definition) is 4. The monoisotopic (exact) mass is 164 g/mol. The number of carbonyl (C=O) groups excluding carboxylic acids is 2. The van der Waals surface area contributed by atoms with Gasteiger partial charge in [-0.3, -0.25) is 14.6 Å². The summed E-state index contributed by atoms with van der Waals surface area (Å²) in [6, 6.07) is 0. The summed E-state index contributed by atoms with van der Waals surface area (Å²) in [6.07, 6.45) is 3.67. The molecule has 1 heterocycles. The molecule has 0 amide bonds.